The molecule has 1 nitrogen and oxygen atoms in total. The number of hydrogen-bond donors (Lipinski definition) is 1. The second-order valence-corrected chi connectivity index (χ2v) is 4.03. The summed E-state index contributed by atoms with van der Waals surface area (Å²) < 4.78 is 13.3. The van der Waals surface area contributed by atoms with Crippen molar-refractivity contribution in [3.05, 3.63) is 34.6 Å². The molecule has 0 bridgehead atoms. The average Bonchev–Trinajstić information content (AvgIpc) is 2.20. The highest BCUT2D eigenvalue weighted by atomic mass is 35.5. The van der Waals surface area contributed by atoms with Crippen LogP contribution >= 0.6 is 11.6 Å². The summed E-state index contributed by atoms with van der Waals surface area (Å²) >= 11 is 5.67. The van der Waals surface area contributed by atoms with E-state index in [0.29, 0.717) is 5.02 Å². The van der Waals surface area contributed by atoms with E-state index in [-0.39, 0.29) is 5.82 Å². The summed E-state index contributed by atoms with van der Waals surface area (Å²) in [5.41, 5.74) is 0.748. The molecule has 84 valence electrons. The lowest BCUT2D eigenvalue weighted by Gasteiger charge is -2.04. The minimum atomic E-state index is -0.196. The second kappa shape index (κ2) is 6.81. The van der Waals surface area contributed by atoms with Gasteiger partial charge in [-0.1, -0.05) is 24.6 Å². The molecule has 0 spiro atoms. The van der Waals surface area contributed by atoms with E-state index in [1.54, 1.807) is 12.1 Å². The fourth-order valence-electron chi connectivity index (χ4n) is 1.43. The lowest BCUT2D eigenvalue weighted by atomic mass is 10.1. The van der Waals surface area contributed by atoms with E-state index in [0.717, 1.165) is 37.9 Å². The topological polar surface area (TPSA) is 12.0 Å². The number of hydrogen-bond acceptors (Lipinski definition) is 1. The van der Waals surface area contributed by atoms with Gasteiger partial charge in [-0.25, -0.2) is 4.39 Å². The Balaban J connectivity index is 2.31. The van der Waals surface area contributed by atoms with Gasteiger partial charge in [0.2, 0.25) is 0 Å². The molecular weight excluding hydrogens is 213 g/mol. The lowest BCUT2D eigenvalue weighted by molar-refractivity contribution is 0.592. The fraction of sp³-hybridized carbons (Fsp3) is 0.500. The quantitative estimate of drug-likeness (QED) is 0.738. The van der Waals surface area contributed by atoms with Crippen molar-refractivity contribution in [2.45, 2.75) is 26.2 Å². The van der Waals surface area contributed by atoms with Gasteiger partial charge in [-0.2, -0.15) is 0 Å². The molecule has 0 atom stereocenters. The van der Waals surface area contributed by atoms with Crippen LogP contribution in [0.25, 0.3) is 0 Å². The van der Waals surface area contributed by atoms with Gasteiger partial charge in [0.05, 0.1) is 0 Å². The molecule has 3 heteroatoms. The van der Waals surface area contributed by atoms with Gasteiger partial charge < -0.3 is 5.32 Å². The first kappa shape index (κ1) is 12.5. The number of nitrogens with one attached hydrogen (secondary N) is 1. The van der Waals surface area contributed by atoms with Gasteiger partial charge in [0, 0.05) is 5.02 Å². The van der Waals surface area contributed by atoms with Crippen molar-refractivity contribution in [2.24, 2.45) is 0 Å². The largest absolute Gasteiger partial charge is 0.317 e. The summed E-state index contributed by atoms with van der Waals surface area (Å²) in [7, 11) is 0. The maximum absolute atomic E-state index is 13.3. The Labute approximate surface area is 95.6 Å². The maximum Gasteiger partial charge on any atom is 0.127 e. The van der Waals surface area contributed by atoms with E-state index < -0.39 is 0 Å². The fourth-order valence-corrected chi connectivity index (χ4v) is 1.59. The third-order valence-corrected chi connectivity index (χ3v) is 2.48. The van der Waals surface area contributed by atoms with E-state index in [1.807, 2.05) is 0 Å². The van der Waals surface area contributed by atoms with E-state index in [4.69, 9.17) is 11.6 Å². The van der Waals surface area contributed by atoms with Crippen molar-refractivity contribution in [3.63, 3.8) is 0 Å². The summed E-state index contributed by atoms with van der Waals surface area (Å²) in [5.74, 6) is -0.196. The van der Waals surface area contributed by atoms with Crippen LogP contribution in [0.4, 0.5) is 4.39 Å². The predicted octanol–water partition coefficient (Wildman–Crippen LogP) is 3.41. The van der Waals surface area contributed by atoms with Crippen molar-refractivity contribution < 1.29 is 4.39 Å². The first-order chi connectivity index (χ1) is 7.24. The molecule has 0 fully saturated rings. The van der Waals surface area contributed by atoms with Gasteiger partial charge in [-0.15, -0.1) is 0 Å². The standard InChI is InChI=1S/C12H17ClFN/c1-2-7-15-8-3-4-10-5-6-11(13)9-12(10)14/h5-6,9,15H,2-4,7-8H2,1H3. The number of rotatable bonds is 6. The van der Waals surface area contributed by atoms with Crippen molar-refractivity contribution >= 4 is 11.6 Å². The third kappa shape index (κ3) is 4.63. The first-order valence-corrected chi connectivity index (χ1v) is 5.76. The zero-order valence-electron chi connectivity index (χ0n) is 9.02. The molecule has 0 aliphatic heterocycles. The van der Waals surface area contributed by atoms with Crippen molar-refractivity contribution in [1.29, 1.82) is 0 Å². The van der Waals surface area contributed by atoms with Gasteiger partial charge in [-0.3, -0.25) is 0 Å². The lowest BCUT2D eigenvalue weighted by Crippen LogP contribution is -2.16. The summed E-state index contributed by atoms with van der Waals surface area (Å²) in [6.07, 6.45) is 2.85. The number of aryl methyl sites for hydroxylation is 1. The Morgan fingerprint density at radius 3 is 2.80 bits per heavy atom. The Kier molecular flexibility index (Phi) is 5.66. The molecule has 1 N–H and O–H groups in total. The summed E-state index contributed by atoms with van der Waals surface area (Å²) in [4.78, 5) is 0. The summed E-state index contributed by atoms with van der Waals surface area (Å²) in [6.45, 7) is 4.10. The molecule has 15 heavy (non-hydrogen) atoms. The zero-order valence-corrected chi connectivity index (χ0v) is 9.78. The van der Waals surface area contributed by atoms with Crippen molar-refractivity contribution in [3.8, 4) is 0 Å². The minimum absolute atomic E-state index is 0.196. The molecule has 0 aromatic heterocycles. The third-order valence-electron chi connectivity index (χ3n) is 2.24. The van der Waals surface area contributed by atoms with Crippen LogP contribution in [0.3, 0.4) is 0 Å². The van der Waals surface area contributed by atoms with E-state index >= 15 is 0 Å². The smallest absolute Gasteiger partial charge is 0.127 e. The molecule has 1 rings (SSSR count). The Hall–Kier alpha value is -0.600. The Morgan fingerprint density at radius 1 is 1.33 bits per heavy atom. The van der Waals surface area contributed by atoms with E-state index in [2.05, 4.69) is 12.2 Å². The van der Waals surface area contributed by atoms with Crippen LogP contribution in [0.2, 0.25) is 5.02 Å². The van der Waals surface area contributed by atoms with Crippen molar-refractivity contribution in [1.82, 2.24) is 5.32 Å². The van der Waals surface area contributed by atoms with Crippen LogP contribution < -0.4 is 5.32 Å². The van der Waals surface area contributed by atoms with Crippen LogP contribution in [0.15, 0.2) is 18.2 Å². The molecule has 0 heterocycles. The van der Waals surface area contributed by atoms with Crippen LogP contribution in [-0.2, 0) is 6.42 Å². The molecule has 1 aromatic carbocycles. The molecule has 0 aliphatic carbocycles. The molecule has 1 aromatic rings. The average molecular weight is 230 g/mol. The highest BCUT2D eigenvalue weighted by molar-refractivity contribution is 6.30. The van der Waals surface area contributed by atoms with E-state index in [1.165, 1.54) is 6.07 Å². The van der Waals surface area contributed by atoms with Crippen LogP contribution in [0, 0.1) is 5.82 Å². The maximum atomic E-state index is 13.3. The first-order valence-electron chi connectivity index (χ1n) is 5.38. The summed E-state index contributed by atoms with van der Waals surface area (Å²) in [5, 5.41) is 3.75. The SMILES string of the molecule is CCCNCCCc1ccc(Cl)cc1F. The molecule has 0 radical (unpaired) electrons. The van der Waals surface area contributed by atoms with E-state index in [9.17, 15) is 4.39 Å². The van der Waals surface area contributed by atoms with Gasteiger partial charge in [0.15, 0.2) is 0 Å². The molecule has 0 amide bonds. The van der Waals surface area contributed by atoms with Gasteiger partial charge in [0.25, 0.3) is 0 Å². The Bertz CT molecular complexity index is 302. The summed E-state index contributed by atoms with van der Waals surface area (Å²) in [6, 6.07) is 4.87. The van der Waals surface area contributed by atoms with Crippen LogP contribution in [0.1, 0.15) is 25.3 Å². The van der Waals surface area contributed by atoms with Crippen molar-refractivity contribution in [2.75, 3.05) is 13.1 Å². The van der Waals surface area contributed by atoms with Gasteiger partial charge in [-0.05, 0) is 50.0 Å². The van der Waals surface area contributed by atoms with Crippen LogP contribution in [-0.4, -0.2) is 13.1 Å². The highest BCUT2D eigenvalue weighted by Crippen LogP contribution is 2.15. The number of benzene rings is 1. The zero-order chi connectivity index (χ0) is 11.1. The monoisotopic (exact) mass is 229 g/mol. The number of halogens is 2. The molecule has 0 saturated heterocycles. The highest BCUT2D eigenvalue weighted by Gasteiger charge is 2.01. The van der Waals surface area contributed by atoms with Crippen LogP contribution in [0.5, 0.6) is 0 Å². The molecule has 0 unspecified atom stereocenters. The second-order valence-electron chi connectivity index (χ2n) is 3.59. The molecular formula is C12H17ClFN. The minimum Gasteiger partial charge on any atom is -0.317 e. The van der Waals surface area contributed by atoms with Gasteiger partial charge >= 0.3 is 0 Å². The Morgan fingerprint density at radius 2 is 2.13 bits per heavy atom. The van der Waals surface area contributed by atoms with Gasteiger partial charge in [0.1, 0.15) is 5.82 Å². The molecule has 0 aliphatic rings. The predicted molar refractivity (Wildman–Crippen MR) is 62.9 cm³/mol. The normalized spacial score (nSPS) is 10.6. The molecule has 0 saturated carbocycles.